The molecule has 17 heavy (non-hydrogen) atoms. The van der Waals surface area contributed by atoms with Gasteiger partial charge in [0, 0.05) is 36.6 Å². The van der Waals surface area contributed by atoms with Crippen LogP contribution in [0, 0.1) is 0 Å². The van der Waals surface area contributed by atoms with Gasteiger partial charge >= 0.3 is 0 Å². The quantitative estimate of drug-likeness (QED) is 0.932. The SMILES string of the molecule is COCCC1(C)CC(O)c2cc(Br)ccc2O1. The molecule has 0 bridgehead atoms. The monoisotopic (exact) mass is 300 g/mol. The zero-order valence-electron chi connectivity index (χ0n) is 10.1. The van der Waals surface area contributed by atoms with E-state index in [1.807, 2.05) is 25.1 Å². The number of fused-ring (bicyclic) bond motifs is 1. The number of hydrogen-bond acceptors (Lipinski definition) is 3. The molecule has 1 heterocycles. The lowest BCUT2D eigenvalue weighted by Crippen LogP contribution is -2.39. The molecular formula is C13H17BrO3. The van der Waals surface area contributed by atoms with Gasteiger partial charge in [0.25, 0.3) is 0 Å². The fourth-order valence-corrected chi connectivity index (χ4v) is 2.55. The maximum absolute atomic E-state index is 10.2. The maximum atomic E-state index is 10.2. The fourth-order valence-electron chi connectivity index (χ4n) is 2.17. The number of halogens is 1. The second-order valence-electron chi connectivity index (χ2n) is 4.70. The van der Waals surface area contributed by atoms with Crippen molar-refractivity contribution in [1.29, 1.82) is 0 Å². The Balaban J connectivity index is 2.23. The fraction of sp³-hybridized carbons (Fsp3) is 0.538. The van der Waals surface area contributed by atoms with Gasteiger partial charge in [0.15, 0.2) is 0 Å². The smallest absolute Gasteiger partial charge is 0.126 e. The van der Waals surface area contributed by atoms with E-state index in [1.165, 1.54) is 0 Å². The van der Waals surface area contributed by atoms with Crippen molar-refractivity contribution in [3.8, 4) is 5.75 Å². The van der Waals surface area contributed by atoms with Gasteiger partial charge < -0.3 is 14.6 Å². The molecule has 0 amide bonds. The Kier molecular flexibility index (Phi) is 3.76. The summed E-state index contributed by atoms with van der Waals surface area (Å²) in [6.07, 6.45) is 0.897. The number of aliphatic hydroxyl groups excluding tert-OH is 1. The van der Waals surface area contributed by atoms with E-state index in [2.05, 4.69) is 15.9 Å². The topological polar surface area (TPSA) is 38.7 Å². The molecule has 0 spiro atoms. The highest BCUT2D eigenvalue weighted by atomic mass is 79.9. The standard InChI is InChI=1S/C13H17BrO3/c1-13(5-6-16-2)8-11(15)10-7-9(14)3-4-12(10)17-13/h3-4,7,11,15H,5-6,8H2,1-2H3. The number of ether oxygens (including phenoxy) is 2. The van der Waals surface area contributed by atoms with Crippen LogP contribution in [0.15, 0.2) is 22.7 Å². The largest absolute Gasteiger partial charge is 0.487 e. The minimum atomic E-state index is -0.474. The first-order chi connectivity index (χ1) is 8.04. The summed E-state index contributed by atoms with van der Waals surface area (Å²) in [5.74, 6) is 0.769. The summed E-state index contributed by atoms with van der Waals surface area (Å²) >= 11 is 3.40. The van der Waals surface area contributed by atoms with Crippen molar-refractivity contribution in [3.63, 3.8) is 0 Å². The van der Waals surface area contributed by atoms with Gasteiger partial charge in [-0.1, -0.05) is 15.9 Å². The molecule has 0 saturated heterocycles. The molecule has 2 rings (SSSR count). The molecule has 0 saturated carbocycles. The Morgan fingerprint density at radius 1 is 1.59 bits per heavy atom. The molecule has 1 aromatic rings. The summed E-state index contributed by atoms with van der Waals surface area (Å²) in [7, 11) is 1.67. The zero-order chi connectivity index (χ0) is 12.5. The minimum absolute atomic E-state index is 0.351. The third-order valence-corrected chi connectivity index (χ3v) is 3.64. The van der Waals surface area contributed by atoms with E-state index >= 15 is 0 Å². The van der Waals surface area contributed by atoms with E-state index in [-0.39, 0.29) is 5.60 Å². The Bertz CT molecular complexity index is 408. The molecule has 2 atom stereocenters. The number of hydrogen-bond donors (Lipinski definition) is 1. The third kappa shape index (κ3) is 2.81. The molecule has 2 unspecified atom stereocenters. The van der Waals surface area contributed by atoms with E-state index < -0.39 is 6.10 Å². The number of benzene rings is 1. The van der Waals surface area contributed by atoms with Crippen molar-refractivity contribution in [2.75, 3.05) is 13.7 Å². The van der Waals surface area contributed by atoms with Gasteiger partial charge in [-0.25, -0.2) is 0 Å². The second-order valence-corrected chi connectivity index (χ2v) is 5.61. The Morgan fingerprint density at radius 3 is 3.06 bits per heavy atom. The summed E-state index contributed by atoms with van der Waals surface area (Å²) in [5, 5.41) is 10.2. The molecule has 1 N–H and O–H groups in total. The first kappa shape index (κ1) is 12.9. The molecule has 0 radical (unpaired) electrons. The Labute approximate surface area is 110 Å². The van der Waals surface area contributed by atoms with Gasteiger partial charge in [-0.05, 0) is 25.1 Å². The van der Waals surface area contributed by atoms with Crippen LogP contribution in [-0.4, -0.2) is 24.4 Å². The van der Waals surface area contributed by atoms with E-state index in [0.717, 1.165) is 22.2 Å². The summed E-state index contributed by atoms with van der Waals surface area (Å²) in [5.41, 5.74) is 0.505. The normalized spacial score (nSPS) is 27.4. The van der Waals surface area contributed by atoms with Crippen LogP contribution in [0.5, 0.6) is 5.75 Å². The van der Waals surface area contributed by atoms with Crippen molar-refractivity contribution < 1.29 is 14.6 Å². The van der Waals surface area contributed by atoms with Crippen molar-refractivity contribution in [1.82, 2.24) is 0 Å². The van der Waals surface area contributed by atoms with Crippen LogP contribution in [0.2, 0.25) is 0 Å². The number of aliphatic hydroxyl groups is 1. The summed E-state index contributed by atoms with van der Waals surface area (Å²) in [6, 6.07) is 5.73. The Hall–Kier alpha value is -0.580. The van der Waals surface area contributed by atoms with Crippen LogP contribution >= 0.6 is 15.9 Å². The van der Waals surface area contributed by atoms with Crippen LogP contribution < -0.4 is 4.74 Å². The van der Waals surface area contributed by atoms with E-state index in [1.54, 1.807) is 7.11 Å². The Morgan fingerprint density at radius 2 is 2.35 bits per heavy atom. The number of rotatable bonds is 3. The summed E-state index contributed by atoms with van der Waals surface area (Å²) < 4.78 is 12.0. The van der Waals surface area contributed by atoms with E-state index in [0.29, 0.717) is 13.0 Å². The van der Waals surface area contributed by atoms with Crippen molar-refractivity contribution in [2.24, 2.45) is 0 Å². The zero-order valence-corrected chi connectivity index (χ0v) is 11.7. The predicted molar refractivity (Wildman–Crippen MR) is 69.2 cm³/mol. The molecule has 1 aliphatic rings. The average molecular weight is 301 g/mol. The van der Waals surface area contributed by atoms with Gasteiger partial charge in [0.2, 0.25) is 0 Å². The molecule has 3 nitrogen and oxygen atoms in total. The van der Waals surface area contributed by atoms with E-state index in [9.17, 15) is 5.11 Å². The van der Waals surface area contributed by atoms with Gasteiger partial charge in [-0.2, -0.15) is 0 Å². The van der Waals surface area contributed by atoms with Gasteiger partial charge in [-0.3, -0.25) is 0 Å². The molecular weight excluding hydrogens is 284 g/mol. The van der Waals surface area contributed by atoms with Crippen molar-refractivity contribution >= 4 is 15.9 Å². The predicted octanol–water partition coefficient (Wildman–Crippen LogP) is 3.06. The highest BCUT2D eigenvalue weighted by molar-refractivity contribution is 9.10. The van der Waals surface area contributed by atoms with Gasteiger partial charge in [0.1, 0.15) is 11.4 Å². The molecule has 1 aliphatic heterocycles. The number of methoxy groups -OCH3 is 1. The summed E-state index contributed by atoms with van der Waals surface area (Å²) in [4.78, 5) is 0. The molecule has 4 heteroatoms. The van der Waals surface area contributed by atoms with Crippen molar-refractivity contribution in [3.05, 3.63) is 28.2 Å². The maximum Gasteiger partial charge on any atom is 0.126 e. The minimum Gasteiger partial charge on any atom is -0.487 e. The molecule has 0 aliphatic carbocycles. The highest BCUT2D eigenvalue weighted by Crippen LogP contribution is 2.41. The van der Waals surface area contributed by atoms with Crippen molar-refractivity contribution in [2.45, 2.75) is 31.5 Å². The molecule has 0 aromatic heterocycles. The lowest BCUT2D eigenvalue weighted by molar-refractivity contribution is -0.0202. The highest BCUT2D eigenvalue weighted by Gasteiger charge is 2.36. The van der Waals surface area contributed by atoms with Gasteiger partial charge in [0.05, 0.1) is 6.10 Å². The lowest BCUT2D eigenvalue weighted by Gasteiger charge is -2.38. The van der Waals surface area contributed by atoms with Crippen LogP contribution in [0.25, 0.3) is 0 Å². The van der Waals surface area contributed by atoms with E-state index in [4.69, 9.17) is 9.47 Å². The van der Waals surface area contributed by atoms with Gasteiger partial charge in [-0.15, -0.1) is 0 Å². The molecule has 1 aromatic carbocycles. The van der Waals surface area contributed by atoms with Crippen LogP contribution in [0.1, 0.15) is 31.4 Å². The average Bonchev–Trinajstić information content (AvgIpc) is 2.28. The van der Waals surface area contributed by atoms with Crippen LogP contribution in [-0.2, 0) is 4.74 Å². The van der Waals surface area contributed by atoms with Crippen LogP contribution in [0.4, 0.5) is 0 Å². The first-order valence-corrected chi connectivity index (χ1v) is 6.49. The lowest BCUT2D eigenvalue weighted by atomic mass is 9.88. The summed E-state index contributed by atoms with van der Waals surface area (Å²) in [6.45, 7) is 2.65. The first-order valence-electron chi connectivity index (χ1n) is 5.69. The second kappa shape index (κ2) is 4.96. The molecule has 94 valence electrons. The van der Waals surface area contributed by atoms with Crippen LogP contribution in [0.3, 0.4) is 0 Å². The third-order valence-electron chi connectivity index (χ3n) is 3.15. The molecule has 0 fully saturated rings.